The molecule has 0 aromatic heterocycles. The summed E-state index contributed by atoms with van der Waals surface area (Å²) < 4.78 is 186. The summed E-state index contributed by atoms with van der Waals surface area (Å²) >= 11 is 0. The first-order valence-corrected chi connectivity index (χ1v) is 12.8. The molecule has 0 N–H and O–H groups in total. The molecule has 0 aliphatic carbocycles. The Morgan fingerprint density at radius 1 is 0.436 bits per heavy atom. The van der Waals surface area contributed by atoms with Crippen LogP contribution in [0.1, 0.15) is 11.1 Å². The number of halogens is 12. The van der Waals surface area contributed by atoms with Crippen LogP contribution in [0.25, 0.3) is 0 Å². The molecular formula is C24H13F12O2P. The van der Waals surface area contributed by atoms with Gasteiger partial charge in [-0.3, -0.25) is 0 Å². The molecule has 210 valence electrons. The summed E-state index contributed by atoms with van der Waals surface area (Å²) in [4.78, 5) is 0. The van der Waals surface area contributed by atoms with Crippen LogP contribution in [0.5, 0.6) is 0 Å². The van der Waals surface area contributed by atoms with Gasteiger partial charge in [0.15, 0.2) is 0 Å². The van der Waals surface area contributed by atoms with Gasteiger partial charge in [0, 0.05) is 0 Å². The zero-order valence-corrected chi connectivity index (χ0v) is 19.7. The molecule has 0 radical (unpaired) electrons. The van der Waals surface area contributed by atoms with Gasteiger partial charge in [-0.2, -0.15) is 0 Å². The maximum atomic E-state index is 14.6. The maximum absolute atomic E-state index is 14.6. The molecule has 0 saturated carbocycles. The van der Waals surface area contributed by atoms with E-state index in [9.17, 15) is 52.7 Å². The van der Waals surface area contributed by atoms with Crippen molar-refractivity contribution in [2.75, 3.05) is 0 Å². The summed E-state index contributed by atoms with van der Waals surface area (Å²) in [6, 6.07) is 9.87. The van der Waals surface area contributed by atoms with Gasteiger partial charge in [-0.1, -0.05) is 0 Å². The zero-order valence-electron chi connectivity index (χ0n) is 18.8. The van der Waals surface area contributed by atoms with E-state index in [0.717, 1.165) is 48.5 Å². The number of hydrogen-bond donors (Lipinski definition) is 0. The van der Waals surface area contributed by atoms with Crippen molar-refractivity contribution in [3.8, 4) is 0 Å². The Labute approximate surface area is 211 Å². The third-order valence-corrected chi connectivity index (χ3v) is 11.9. The Bertz CT molecular complexity index is 1320. The van der Waals surface area contributed by atoms with Crippen molar-refractivity contribution in [1.82, 2.24) is 0 Å². The van der Waals surface area contributed by atoms with Gasteiger partial charge >= 0.3 is 211 Å². The molecule has 0 amide bonds. The average molecular weight is 592 g/mol. The summed E-state index contributed by atoms with van der Waals surface area (Å²) in [5, 5.41) is -3.28. The number of benzene rings is 3. The second-order valence-electron chi connectivity index (χ2n) is 8.86. The summed E-state index contributed by atoms with van der Waals surface area (Å²) in [5.41, 5.74) is -14.1. The number of fused-ring (bicyclic) bond motifs is 4. The van der Waals surface area contributed by atoms with Crippen LogP contribution in [0.3, 0.4) is 0 Å². The van der Waals surface area contributed by atoms with E-state index in [-0.39, 0.29) is 0 Å². The molecular weight excluding hydrogens is 579 g/mol. The first-order valence-electron chi connectivity index (χ1n) is 10.8. The molecule has 0 saturated heterocycles. The van der Waals surface area contributed by atoms with Crippen LogP contribution in [-0.2, 0) is 20.2 Å². The molecule has 2 aliphatic heterocycles. The molecule has 0 fully saturated rings. The fraction of sp³-hybridized carbons (Fsp3) is 0.250. The van der Waals surface area contributed by atoms with Crippen LogP contribution in [0, 0.1) is 0 Å². The Kier molecular flexibility index (Phi) is 5.45. The molecule has 39 heavy (non-hydrogen) atoms. The molecule has 3 aromatic carbocycles. The van der Waals surface area contributed by atoms with Crippen molar-refractivity contribution < 1.29 is 61.7 Å². The van der Waals surface area contributed by atoms with Crippen LogP contribution in [0.4, 0.5) is 52.7 Å². The van der Waals surface area contributed by atoms with Crippen LogP contribution >= 0.6 is 7.06 Å². The molecule has 5 rings (SSSR count). The van der Waals surface area contributed by atoms with Gasteiger partial charge < -0.3 is 0 Å². The molecule has 15 heteroatoms. The molecule has 0 bridgehead atoms. The predicted octanol–water partition coefficient (Wildman–Crippen LogP) is 7.05. The molecule has 2 heterocycles. The van der Waals surface area contributed by atoms with Gasteiger partial charge in [-0.25, -0.2) is 0 Å². The second-order valence-corrected chi connectivity index (χ2v) is 12.6. The van der Waals surface area contributed by atoms with E-state index in [0.29, 0.717) is 24.3 Å². The first kappa shape index (κ1) is 27.7. The fourth-order valence-electron chi connectivity index (χ4n) is 5.44. The quantitative estimate of drug-likeness (QED) is 0.223. The van der Waals surface area contributed by atoms with Crippen LogP contribution in [0.2, 0.25) is 0 Å². The Balaban J connectivity index is 2.11. The van der Waals surface area contributed by atoms with Gasteiger partial charge in [0.1, 0.15) is 0 Å². The first-order chi connectivity index (χ1) is 17.8. The fourth-order valence-corrected chi connectivity index (χ4v) is 11.3. The third-order valence-electron chi connectivity index (χ3n) is 6.89. The van der Waals surface area contributed by atoms with E-state index in [1.54, 1.807) is 0 Å². The zero-order chi connectivity index (χ0) is 28.9. The Hall–Kier alpha value is -2.83. The standard InChI is InChI=1S/C24H13F12O2P/c25-21(26,27)19(22(28,29)30)15-10-4-6-12-17(15)39(37-19,14-8-2-1-3-9-14)18-13-7-5-11-16(18)20(38-39,23(31,32)33)24(34,35)36/h1-13H. The summed E-state index contributed by atoms with van der Waals surface area (Å²) in [6.45, 7) is 0. The van der Waals surface area contributed by atoms with E-state index < -0.39 is 70.0 Å². The molecule has 0 unspecified atom stereocenters. The van der Waals surface area contributed by atoms with Gasteiger partial charge in [-0.15, -0.1) is 0 Å². The van der Waals surface area contributed by atoms with Gasteiger partial charge in [0.05, 0.1) is 0 Å². The number of alkyl halides is 12. The SMILES string of the molecule is FC(F)(F)C1(C(F)(F)F)OP2(c3ccccc3)(OC(C(F)(F)F)(C(F)(F)F)c3ccccc32)c2ccccc21. The topological polar surface area (TPSA) is 18.5 Å². The van der Waals surface area contributed by atoms with E-state index in [1.807, 2.05) is 0 Å². The third kappa shape index (κ3) is 3.02. The summed E-state index contributed by atoms with van der Waals surface area (Å²) in [5.74, 6) is 0. The summed E-state index contributed by atoms with van der Waals surface area (Å²) in [7, 11) is -6.87. The molecule has 0 atom stereocenters. The van der Waals surface area contributed by atoms with Crippen molar-refractivity contribution >= 4 is 23.0 Å². The normalized spacial score (nSPS) is 22.1. The number of rotatable bonds is 1. The summed E-state index contributed by atoms with van der Waals surface area (Å²) in [6.07, 6.45) is -25.6. The second kappa shape index (κ2) is 7.67. The van der Waals surface area contributed by atoms with E-state index >= 15 is 0 Å². The minimum absolute atomic E-state index is 0.313. The van der Waals surface area contributed by atoms with E-state index in [2.05, 4.69) is 0 Å². The van der Waals surface area contributed by atoms with Crippen molar-refractivity contribution in [2.24, 2.45) is 0 Å². The minimum atomic E-state index is -6.87. The molecule has 1 spiro atoms. The predicted molar refractivity (Wildman–Crippen MR) is 115 cm³/mol. The monoisotopic (exact) mass is 592 g/mol. The van der Waals surface area contributed by atoms with E-state index in [1.165, 1.54) is 6.07 Å². The van der Waals surface area contributed by atoms with Crippen molar-refractivity contribution in [3.05, 3.63) is 90.0 Å². The van der Waals surface area contributed by atoms with Crippen molar-refractivity contribution in [1.29, 1.82) is 0 Å². The van der Waals surface area contributed by atoms with Gasteiger partial charge in [0.2, 0.25) is 0 Å². The van der Waals surface area contributed by atoms with E-state index in [4.69, 9.17) is 9.05 Å². The van der Waals surface area contributed by atoms with Gasteiger partial charge in [-0.05, 0) is 0 Å². The van der Waals surface area contributed by atoms with Crippen LogP contribution in [0.15, 0.2) is 78.9 Å². The Morgan fingerprint density at radius 2 is 0.744 bits per heavy atom. The van der Waals surface area contributed by atoms with Crippen LogP contribution in [-0.4, -0.2) is 24.7 Å². The van der Waals surface area contributed by atoms with Crippen molar-refractivity contribution in [3.63, 3.8) is 0 Å². The van der Waals surface area contributed by atoms with Crippen molar-refractivity contribution in [2.45, 2.75) is 35.9 Å². The Morgan fingerprint density at radius 3 is 1.08 bits per heavy atom. The molecule has 3 aromatic rings. The molecule has 2 nitrogen and oxygen atoms in total. The average Bonchev–Trinajstić information content (AvgIpc) is 3.29. The van der Waals surface area contributed by atoms with Gasteiger partial charge in [0.25, 0.3) is 0 Å². The number of hydrogen-bond acceptors (Lipinski definition) is 2. The molecule has 2 aliphatic rings. The van der Waals surface area contributed by atoms with Crippen LogP contribution < -0.4 is 15.9 Å².